The van der Waals surface area contributed by atoms with E-state index in [1.807, 2.05) is 0 Å². The van der Waals surface area contributed by atoms with Gasteiger partial charge < -0.3 is 30.6 Å². The van der Waals surface area contributed by atoms with Crippen LogP contribution in [0.3, 0.4) is 0 Å². The van der Waals surface area contributed by atoms with Crippen molar-refractivity contribution in [3.8, 4) is 0 Å². The molecule has 0 saturated carbocycles. The van der Waals surface area contributed by atoms with Gasteiger partial charge in [-0.1, -0.05) is 6.07 Å². The van der Waals surface area contributed by atoms with Gasteiger partial charge in [0, 0.05) is 17.8 Å². The van der Waals surface area contributed by atoms with E-state index in [9.17, 15) is 20.5 Å². The lowest BCUT2D eigenvalue weighted by Crippen LogP contribution is -2.99. The smallest absolute Gasteiger partial charge is 0.165 e. The minimum atomic E-state index is -1.31. The van der Waals surface area contributed by atoms with E-state index in [1.54, 1.807) is 12.1 Å². The van der Waals surface area contributed by atoms with Crippen molar-refractivity contribution < 1.29 is 30.5 Å². The Bertz CT molecular complexity index is 429. The summed E-state index contributed by atoms with van der Waals surface area (Å²) < 4.78 is 5.16. The Kier molecular flexibility index (Phi) is 4.32. The second kappa shape index (κ2) is 5.80. The van der Waals surface area contributed by atoms with Gasteiger partial charge in [-0.3, -0.25) is 0 Å². The zero-order valence-corrected chi connectivity index (χ0v) is 9.93. The van der Waals surface area contributed by atoms with Crippen molar-refractivity contribution in [3.05, 3.63) is 29.5 Å². The number of hydrogen-bond donors (Lipinski definition) is 6. The number of benzene rings is 1. The Labute approximate surface area is 109 Å². The summed E-state index contributed by atoms with van der Waals surface area (Å²) in [5.74, 6) is 0. The molecule has 0 bridgehead atoms. The maximum absolute atomic E-state index is 10.8. The number of aliphatic hydroxyl groups excluding tert-OH is 3. The minimum absolute atomic E-state index is 0.0934. The van der Waals surface area contributed by atoms with Gasteiger partial charge >= 0.3 is 0 Å². The van der Waals surface area contributed by atoms with E-state index in [2.05, 4.69) is 5.32 Å². The number of anilines is 1. The summed E-state index contributed by atoms with van der Waals surface area (Å²) >= 11 is 0. The predicted molar refractivity (Wildman–Crippen MR) is 63.6 cm³/mol. The highest BCUT2D eigenvalue weighted by atomic mass is 16.8. The summed E-state index contributed by atoms with van der Waals surface area (Å²) in [5.41, 5.74) is 0.531. The molecule has 106 valence electrons. The lowest BCUT2D eigenvalue weighted by atomic mass is 10.0. The van der Waals surface area contributed by atoms with Crippen LogP contribution in [0.15, 0.2) is 24.3 Å². The highest BCUT2D eigenvalue weighted by Crippen LogP contribution is 2.19. The van der Waals surface area contributed by atoms with Crippen molar-refractivity contribution in [1.29, 1.82) is 0 Å². The van der Waals surface area contributed by atoms with Crippen molar-refractivity contribution in [2.45, 2.75) is 24.5 Å². The monoisotopic (exact) mass is 272 g/mol. The quantitative estimate of drug-likeness (QED) is 0.349. The van der Waals surface area contributed by atoms with Crippen molar-refractivity contribution in [1.82, 2.24) is 0 Å². The first-order valence-electron chi connectivity index (χ1n) is 5.74. The van der Waals surface area contributed by atoms with Gasteiger partial charge in [-0.2, -0.15) is 5.23 Å². The fraction of sp³-hybridized carbons (Fsp3) is 0.455. The molecule has 1 unspecified atom stereocenters. The predicted octanol–water partition coefficient (Wildman–Crippen LogP) is -2.06. The molecule has 1 aromatic carbocycles. The van der Waals surface area contributed by atoms with Gasteiger partial charge in [0.1, 0.15) is 18.3 Å². The molecule has 19 heavy (non-hydrogen) atoms. The highest BCUT2D eigenvalue weighted by molar-refractivity contribution is 5.51. The van der Waals surface area contributed by atoms with Crippen LogP contribution in [0.2, 0.25) is 0 Å². The van der Waals surface area contributed by atoms with Crippen molar-refractivity contribution in [3.63, 3.8) is 0 Å². The van der Waals surface area contributed by atoms with Crippen LogP contribution in [0.5, 0.6) is 0 Å². The number of hydrogen-bond acceptors (Lipinski definition) is 7. The molecular formula is C11H16N2O6. The van der Waals surface area contributed by atoms with Crippen LogP contribution in [0, 0.1) is 5.21 Å². The lowest BCUT2D eigenvalue weighted by molar-refractivity contribution is -0.991. The maximum Gasteiger partial charge on any atom is 0.165 e. The molecule has 1 aliphatic heterocycles. The third-order valence-electron chi connectivity index (χ3n) is 2.92. The van der Waals surface area contributed by atoms with Crippen molar-refractivity contribution in [2.24, 2.45) is 0 Å². The first kappa shape index (κ1) is 14.2. The third kappa shape index (κ3) is 3.19. The van der Waals surface area contributed by atoms with Gasteiger partial charge in [-0.15, -0.1) is 0 Å². The number of rotatable bonds is 3. The van der Waals surface area contributed by atoms with E-state index in [1.165, 1.54) is 12.1 Å². The van der Waals surface area contributed by atoms with Gasteiger partial charge in [0.15, 0.2) is 11.9 Å². The molecule has 8 heteroatoms. The van der Waals surface area contributed by atoms with Crippen LogP contribution in [0.25, 0.3) is 0 Å². The molecule has 0 amide bonds. The largest absolute Gasteiger partial charge is 0.595 e. The molecule has 8 nitrogen and oxygen atoms in total. The summed E-state index contributed by atoms with van der Waals surface area (Å²) in [5, 5.41) is 50.0. The molecule has 1 aromatic rings. The molecular weight excluding hydrogens is 256 g/mol. The zero-order valence-electron chi connectivity index (χ0n) is 9.93. The maximum atomic E-state index is 10.8. The van der Waals surface area contributed by atoms with Gasteiger partial charge in [-0.05, 0) is 6.07 Å². The summed E-state index contributed by atoms with van der Waals surface area (Å²) in [7, 11) is 0. The Balaban J connectivity index is 2.06. The topological polar surface area (TPSA) is 130 Å². The van der Waals surface area contributed by atoms with Crippen LogP contribution in [0.4, 0.5) is 11.4 Å². The van der Waals surface area contributed by atoms with E-state index in [0.29, 0.717) is 5.69 Å². The average molecular weight is 272 g/mol. The molecule has 5 atom stereocenters. The summed E-state index contributed by atoms with van der Waals surface area (Å²) in [6, 6.07) is 5.98. The number of quaternary nitrogens is 1. The Hall–Kier alpha value is -1.26. The van der Waals surface area contributed by atoms with Gasteiger partial charge in [0.2, 0.25) is 0 Å². The fourth-order valence-electron chi connectivity index (χ4n) is 1.84. The average Bonchev–Trinajstić information content (AvgIpc) is 2.40. The Morgan fingerprint density at radius 1 is 1.26 bits per heavy atom. The highest BCUT2D eigenvalue weighted by Gasteiger charge is 2.37. The second-order valence-corrected chi connectivity index (χ2v) is 4.33. The minimum Gasteiger partial charge on any atom is -0.595 e. The number of nitrogens with one attached hydrogen (secondary N) is 2. The molecule has 6 N–H and O–H groups in total. The molecule has 1 fully saturated rings. The van der Waals surface area contributed by atoms with Crippen LogP contribution in [0.1, 0.15) is 0 Å². The molecule has 1 aliphatic rings. The first-order chi connectivity index (χ1) is 8.99. The Morgan fingerprint density at radius 3 is 2.68 bits per heavy atom. The molecule has 0 aliphatic carbocycles. The zero-order chi connectivity index (χ0) is 14.0. The molecule has 1 saturated heterocycles. The van der Waals surface area contributed by atoms with E-state index in [4.69, 9.17) is 9.94 Å². The lowest BCUT2D eigenvalue weighted by Gasteiger charge is -2.35. The summed E-state index contributed by atoms with van der Waals surface area (Å²) in [4.78, 5) is 0. The molecule has 0 radical (unpaired) electrons. The normalized spacial score (nSPS) is 32.9. The number of ether oxygens (including phenoxy) is 1. The summed E-state index contributed by atoms with van der Waals surface area (Å²) in [6.07, 6.45) is -4.67. The van der Waals surface area contributed by atoms with Crippen LogP contribution >= 0.6 is 0 Å². The van der Waals surface area contributed by atoms with Crippen molar-refractivity contribution >= 4 is 11.4 Å². The van der Waals surface area contributed by atoms with Gasteiger partial charge in [0.25, 0.3) is 0 Å². The molecule has 2 rings (SSSR count). The van der Waals surface area contributed by atoms with Gasteiger partial charge in [-0.25, -0.2) is 5.21 Å². The SMILES string of the molecule is [O-][NH+](O)c1cccc(N[C@@H]2OC[C@@H](O)[C@@H](O)[C@@H]2O)c1. The van der Waals surface area contributed by atoms with E-state index in [-0.39, 0.29) is 12.3 Å². The molecule has 0 aromatic heterocycles. The Morgan fingerprint density at radius 2 is 2.00 bits per heavy atom. The molecule has 1 heterocycles. The van der Waals surface area contributed by atoms with Crippen LogP contribution in [-0.4, -0.2) is 51.7 Å². The third-order valence-corrected chi connectivity index (χ3v) is 2.92. The summed E-state index contributed by atoms with van der Waals surface area (Å²) in [6.45, 7) is -0.117. The standard InChI is InChI=1S/C11H16N2O6/c14-8-5-19-11(10(16)9(8)15)12-6-2-1-3-7(4-6)13(17)18/h1-4,8-17H,5H2/t8-,9-,10+,11-/m1/s1. The number of aliphatic hydroxyl groups is 3. The van der Waals surface area contributed by atoms with Crippen molar-refractivity contribution in [2.75, 3.05) is 11.9 Å². The van der Waals surface area contributed by atoms with E-state index in [0.717, 1.165) is 0 Å². The molecule has 0 spiro atoms. The van der Waals surface area contributed by atoms with Gasteiger partial charge in [0.05, 0.1) is 6.61 Å². The van der Waals surface area contributed by atoms with E-state index >= 15 is 0 Å². The second-order valence-electron chi connectivity index (χ2n) is 4.33. The first-order valence-corrected chi connectivity index (χ1v) is 5.74. The van der Waals surface area contributed by atoms with Crippen LogP contribution in [-0.2, 0) is 4.74 Å². The fourth-order valence-corrected chi connectivity index (χ4v) is 1.84. The van der Waals surface area contributed by atoms with Crippen LogP contribution < -0.4 is 10.5 Å². The van der Waals surface area contributed by atoms with E-state index < -0.39 is 29.8 Å².